The van der Waals surface area contributed by atoms with Crippen molar-refractivity contribution in [2.75, 3.05) is 37.0 Å². The molecule has 0 saturated carbocycles. The minimum absolute atomic E-state index is 0. The second-order valence-corrected chi connectivity index (χ2v) is 6.94. The minimum Gasteiger partial charge on any atom is -0.494 e. The van der Waals surface area contributed by atoms with Gasteiger partial charge in [-0.15, -0.1) is 22.1 Å². The van der Waals surface area contributed by atoms with E-state index in [1.807, 2.05) is 30.8 Å². The normalized spacial score (nSPS) is 18.1. The fourth-order valence-electron chi connectivity index (χ4n) is 2.25. The maximum Gasteiger partial charge on any atom is 0.186 e. The van der Waals surface area contributed by atoms with Crippen LogP contribution in [0.1, 0.15) is 12.5 Å². The molecule has 1 fully saturated rings. The van der Waals surface area contributed by atoms with Crippen LogP contribution < -0.4 is 4.74 Å². The molecule has 1 aromatic rings. The third-order valence-electron chi connectivity index (χ3n) is 3.37. The molecule has 22 heavy (non-hydrogen) atoms. The number of hydrogen-bond acceptors (Lipinski definition) is 6. The molecule has 0 aromatic heterocycles. The summed E-state index contributed by atoms with van der Waals surface area (Å²) in [6.07, 6.45) is 0. The number of nitrogens with zero attached hydrogens (tertiary/aromatic N) is 3. The quantitative estimate of drug-likeness (QED) is 0.776. The molecule has 0 N–H and O–H groups in total. The molecule has 0 amide bonds. The first-order valence-corrected chi connectivity index (χ1v) is 9.34. The van der Waals surface area contributed by atoms with Gasteiger partial charge >= 0.3 is 0 Å². The van der Waals surface area contributed by atoms with Gasteiger partial charge in [0.05, 0.1) is 12.3 Å². The largest absolute Gasteiger partial charge is 0.494 e. The molecule has 1 saturated heterocycles. The van der Waals surface area contributed by atoms with Crippen molar-refractivity contribution in [2.45, 2.75) is 6.92 Å². The van der Waals surface area contributed by atoms with Crippen molar-refractivity contribution in [3.8, 4) is 5.75 Å². The summed E-state index contributed by atoms with van der Waals surface area (Å²) in [7, 11) is 0. The van der Waals surface area contributed by atoms with Gasteiger partial charge in [-0.2, -0.15) is 16.9 Å². The maximum atomic E-state index is 5.46. The highest BCUT2D eigenvalue weighted by molar-refractivity contribution is 8.93. The van der Waals surface area contributed by atoms with E-state index in [1.54, 1.807) is 11.8 Å². The fourth-order valence-corrected chi connectivity index (χ4v) is 4.11. The summed E-state index contributed by atoms with van der Waals surface area (Å²) in [4.78, 5) is 2.35. The van der Waals surface area contributed by atoms with Gasteiger partial charge in [-0.1, -0.05) is 11.8 Å². The van der Waals surface area contributed by atoms with Crippen LogP contribution >= 0.6 is 40.5 Å². The first-order chi connectivity index (χ1) is 10.4. The summed E-state index contributed by atoms with van der Waals surface area (Å²) in [6.45, 7) is 4.86. The van der Waals surface area contributed by atoms with Gasteiger partial charge in [0.15, 0.2) is 5.17 Å². The summed E-state index contributed by atoms with van der Waals surface area (Å²) >= 11 is 3.80. The Kier molecular flexibility index (Phi) is 7.11. The van der Waals surface area contributed by atoms with E-state index >= 15 is 0 Å². The Morgan fingerprint density at radius 2 is 1.86 bits per heavy atom. The molecular weight excluding hydrogens is 382 g/mol. The van der Waals surface area contributed by atoms with Crippen LogP contribution in [0.15, 0.2) is 34.5 Å². The van der Waals surface area contributed by atoms with Crippen molar-refractivity contribution >= 4 is 51.4 Å². The number of rotatable bonds is 3. The van der Waals surface area contributed by atoms with Crippen molar-refractivity contribution in [1.82, 2.24) is 4.90 Å². The van der Waals surface area contributed by atoms with Crippen molar-refractivity contribution in [3.05, 3.63) is 29.8 Å². The number of ether oxygens (including phenoxy) is 1. The molecule has 120 valence electrons. The number of hydrogen-bond donors (Lipinski definition) is 0. The van der Waals surface area contributed by atoms with E-state index < -0.39 is 0 Å². The number of amidine groups is 1. The van der Waals surface area contributed by atoms with Gasteiger partial charge in [-0.3, -0.25) is 0 Å². The highest BCUT2D eigenvalue weighted by atomic mass is 79.9. The summed E-state index contributed by atoms with van der Waals surface area (Å²) in [5, 5.41) is 9.92. The molecule has 0 unspecified atom stereocenters. The lowest BCUT2D eigenvalue weighted by Gasteiger charge is -2.29. The number of thioether (sulfide) groups is 2. The number of halogens is 1. The highest BCUT2D eigenvalue weighted by Gasteiger charge is 2.19. The summed E-state index contributed by atoms with van der Waals surface area (Å²) in [6, 6.07) is 8.10. The lowest BCUT2D eigenvalue weighted by molar-refractivity contribution is 0.340. The van der Waals surface area contributed by atoms with E-state index in [0.717, 1.165) is 41.0 Å². The summed E-state index contributed by atoms with van der Waals surface area (Å²) in [5.41, 5.74) is 2.17. The second-order valence-electron chi connectivity index (χ2n) is 4.77. The zero-order valence-electron chi connectivity index (χ0n) is 12.5. The van der Waals surface area contributed by atoms with Crippen LogP contribution in [0.2, 0.25) is 0 Å². The molecule has 0 atom stereocenters. The smallest absolute Gasteiger partial charge is 0.186 e. The summed E-state index contributed by atoms with van der Waals surface area (Å²) in [5.74, 6) is 4.17. The van der Waals surface area contributed by atoms with Gasteiger partial charge in [-0.05, 0) is 36.8 Å². The predicted octanol–water partition coefficient (Wildman–Crippen LogP) is 3.52. The average molecular weight is 402 g/mol. The van der Waals surface area contributed by atoms with E-state index in [9.17, 15) is 0 Å². The Morgan fingerprint density at radius 1 is 1.14 bits per heavy atom. The molecule has 2 aliphatic heterocycles. The lowest BCUT2D eigenvalue weighted by atomic mass is 10.1. The standard InChI is InChI=1S/C15H19N3OS2.BrH/c1-2-19-13-5-3-12(4-6-13)14-11-21-15(17-16-14)18-7-9-20-10-8-18;/h3-6H,2,7-11H2,1H3;1H. The first kappa shape index (κ1) is 17.7. The topological polar surface area (TPSA) is 37.2 Å². The second kappa shape index (κ2) is 8.84. The number of benzene rings is 1. The van der Waals surface area contributed by atoms with E-state index in [4.69, 9.17) is 4.74 Å². The van der Waals surface area contributed by atoms with E-state index in [2.05, 4.69) is 27.2 Å². The molecule has 2 aliphatic rings. The van der Waals surface area contributed by atoms with Crippen LogP contribution in [0.5, 0.6) is 5.75 Å². The van der Waals surface area contributed by atoms with Gasteiger partial charge < -0.3 is 9.64 Å². The van der Waals surface area contributed by atoms with Crippen LogP contribution in [0.25, 0.3) is 0 Å². The third kappa shape index (κ3) is 4.43. The Hall–Kier alpha value is -0.660. The molecular formula is C15H20BrN3OS2. The van der Waals surface area contributed by atoms with Crippen LogP contribution in [0.3, 0.4) is 0 Å². The van der Waals surface area contributed by atoms with E-state index in [-0.39, 0.29) is 17.0 Å². The predicted molar refractivity (Wildman–Crippen MR) is 103 cm³/mol. The molecule has 3 rings (SSSR count). The fraction of sp³-hybridized carbons (Fsp3) is 0.467. The van der Waals surface area contributed by atoms with Gasteiger partial charge in [0, 0.05) is 30.3 Å². The van der Waals surface area contributed by atoms with Crippen molar-refractivity contribution in [2.24, 2.45) is 10.2 Å². The molecule has 0 radical (unpaired) electrons. The van der Waals surface area contributed by atoms with Crippen LogP contribution in [-0.2, 0) is 0 Å². The van der Waals surface area contributed by atoms with Gasteiger partial charge in [0.25, 0.3) is 0 Å². The molecule has 4 nitrogen and oxygen atoms in total. The van der Waals surface area contributed by atoms with Gasteiger partial charge in [0.1, 0.15) is 5.75 Å². The zero-order chi connectivity index (χ0) is 14.5. The van der Waals surface area contributed by atoms with E-state index in [0.29, 0.717) is 6.61 Å². The maximum absolute atomic E-state index is 5.46. The van der Waals surface area contributed by atoms with Crippen LogP contribution in [0, 0.1) is 0 Å². The Bertz CT molecular complexity index is 542. The molecule has 1 aromatic carbocycles. The monoisotopic (exact) mass is 401 g/mol. The van der Waals surface area contributed by atoms with Crippen LogP contribution in [0.4, 0.5) is 0 Å². The van der Waals surface area contributed by atoms with Crippen molar-refractivity contribution < 1.29 is 4.74 Å². The third-order valence-corrected chi connectivity index (χ3v) is 5.33. The molecule has 0 spiro atoms. The molecule has 7 heteroatoms. The van der Waals surface area contributed by atoms with Crippen molar-refractivity contribution in [3.63, 3.8) is 0 Å². The average Bonchev–Trinajstić information content (AvgIpc) is 2.57. The Morgan fingerprint density at radius 3 is 2.45 bits per heavy atom. The Labute approximate surface area is 150 Å². The SMILES string of the molecule is Br.CCOc1ccc(C2=NN=C(N3CCSCC3)SC2)cc1. The Balaban J connectivity index is 0.00000176. The van der Waals surface area contributed by atoms with Gasteiger partial charge in [-0.25, -0.2) is 0 Å². The van der Waals surface area contributed by atoms with Crippen molar-refractivity contribution in [1.29, 1.82) is 0 Å². The first-order valence-electron chi connectivity index (χ1n) is 7.20. The molecule has 2 heterocycles. The molecule has 0 bridgehead atoms. The minimum atomic E-state index is 0. The lowest BCUT2D eigenvalue weighted by Crippen LogP contribution is -2.37. The van der Waals surface area contributed by atoms with E-state index in [1.165, 1.54) is 11.5 Å². The highest BCUT2D eigenvalue weighted by Crippen LogP contribution is 2.22. The molecule has 0 aliphatic carbocycles. The summed E-state index contributed by atoms with van der Waals surface area (Å²) < 4.78 is 5.46. The zero-order valence-corrected chi connectivity index (χ0v) is 15.9. The van der Waals surface area contributed by atoms with Gasteiger partial charge in [0.2, 0.25) is 0 Å². The van der Waals surface area contributed by atoms with Crippen LogP contribution in [-0.4, -0.2) is 52.7 Å².